The van der Waals surface area contributed by atoms with E-state index in [9.17, 15) is 0 Å². The Kier molecular flexibility index (Phi) is 6.24. The number of rotatable bonds is 6. The van der Waals surface area contributed by atoms with Crippen LogP contribution in [0.4, 0.5) is 0 Å². The first-order valence-electron chi connectivity index (χ1n) is 4.25. The summed E-state index contributed by atoms with van der Waals surface area (Å²) < 4.78 is 0. The summed E-state index contributed by atoms with van der Waals surface area (Å²) in [4.78, 5) is 2.64. The van der Waals surface area contributed by atoms with Crippen molar-refractivity contribution in [1.29, 1.82) is 0 Å². The van der Waals surface area contributed by atoms with Crippen LogP contribution in [-0.4, -0.2) is 40.7 Å². The molecule has 0 saturated carbocycles. The first-order chi connectivity index (χ1) is 5.56. The highest BCUT2D eigenvalue weighted by atomic mass is 32.1. The highest BCUT2D eigenvalue weighted by Gasteiger charge is 2.04. The molecular formula is C8H18N2OS. The van der Waals surface area contributed by atoms with E-state index >= 15 is 0 Å². The number of hydrogen-bond donors (Lipinski definition) is 2. The highest BCUT2D eigenvalue weighted by Crippen LogP contribution is 1.95. The molecule has 0 rings (SSSR count). The van der Waals surface area contributed by atoms with Crippen molar-refractivity contribution in [2.24, 2.45) is 5.73 Å². The third kappa shape index (κ3) is 6.52. The number of aliphatic hydroxyl groups excluding tert-OH is 1. The van der Waals surface area contributed by atoms with Crippen molar-refractivity contribution in [2.75, 3.05) is 19.6 Å². The summed E-state index contributed by atoms with van der Waals surface area (Å²) in [6, 6.07) is 0. The minimum Gasteiger partial charge on any atom is -0.393 e. The molecule has 1 atom stereocenters. The summed E-state index contributed by atoms with van der Waals surface area (Å²) in [6.07, 6.45) is 0.529. The SMILES string of the molecule is CCN(CCC(C)O)CC(N)=S. The number of nitrogens with two attached hydrogens (primary N) is 1. The topological polar surface area (TPSA) is 49.5 Å². The lowest BCUT2D eigenvalue weighted by atomic mass is 10.2. The van der Waals surface area contributed by atoms with Crippen LogP contribution in [0.2, 0.25) is 0 Å². The van der Waals surface area contributed by atoms with Gasteiger partial charge in [-0.3, -0.25) is 4.90 Å². The summed E-state index contributed by atoms with van der Waals surface area (Å²) in [5.74, 6) is 0. The molecule has 0 heterocycles. The third-order valence-corrected chi connectivity index (χ3v) is 1.82. The van der Waals surface area contributed by atoms with Crippen molar-refractivity contribution in [1.82, 2.24) is 4.90 Å². The van der Waals surface area contributed by atoms with Gasteiger partial charge in [-0.1, -0.05) is 19.1 Å². The van der Waals surface area contributed by atoms with Gasteiger partial charge in [-0.15, -0.1) is 0 Å². The van der Waals surface area contributed by atoms with Crippen LogP contribution >= 0.6 is 12.2 Å². The Morgan fingerprint density at radius 3 is 2.58 bits per heavy atom. The second-order valence-corrected chi connectivity index (χ2v) is 3.50. The van der Waals surface area contributed by atoms with E-state index in [2.05, 4.69) is 11.8 Å². The zero-order valence-corrected chi connectivity index (χ0v) is 8.60. The number of nitrogens with zero attached hydrogens (tertiary/aromatic N) is 1. The lowest BCUT2D eigenvalue weighted by Gasteiger charge is -2.19. The normalized spacial score (nSPS) is 13.3. The standard InChI is InChI=1S/C8H18N2OS/c1-3-10(6-8(9)12)5-4-7(2)11/h7,11H,3-6H2,1-2H3,(H2,9,12). The van der Waals surface area contributed by atoms with Gasteiger partial charge in [0.05, 0.1) is 11.1 Å². The zero-order chi connectivity index (χ0) is 9.56. The van der Waals surface area contributed by atoms with E-state index in [1.54, 1.807) is 6.92 Å². The van der Waals surface area contributed by atoms with Gasteiger partial charge < -0.3 is 10.8 Å². The van der Waals surface area contributed by atoms with Gasteiger partial charge in [-0.2, -0.15) is 0 Å². The van der Waals surface area contributed by atoms with Gasteiger partial charge in [0, 0.05) is 13.1 Å². The Balaban J connectivity index is 3.60. The summed E-state index contributed by atoms with van der Waals surface area (Å²) in [7, 11) is 0. The maximum Gasteiger partial charge on any atom is 0.0870 e. The van der Waals surface area contributed by atoms with Crippen molar-refractivity contribution >= 4 is 17.2 Å². The molecule has 12 heavy (non-hydrogen) atoms. The molecule has 0 spiro atoms. The minimum absolute atomic E-state index is 0.245. The predicted octanol–water partition coefficient (Wildman–Crippen LogP) is 0.365. The summed E-state index contributed by atoms with van der Waals surface area (Å²) in [5, 5.41) is 9.04. The highest BCUT2D eigenvalue weighted by molar-refractivity contribution is 7.80. The van der Waals surface area contributed by atoms with Crippen LogP contribution in [0, 0.1) is 0 Å². The Morgan fingerprint density at radius 1 is 1.67 bits per heavy atom. The molecule has 0 aromatic carbocycles. The Morgan fingerprint density at radius 2 is 2.25 bits per heavy atom. The summed E-state index contributed by atoms with van der Waals surface area (Å²) >= 11 is 4.79. The van der Waals surface area contributed by atoms with Crippen LogP contribution in [0.1, 0.15) is 20.3 Å². The predicted molar refractivity (Wildman–Crippen MR) is 55.2 cm³/mol. The lowest BCUT2D eigenvalue weighted by molar-refractivity contribution is 0.163. The Labute approximate surface area is 79.5 Å². The number of likely N-dealkylation sites (N-methyl/N-ethyl adjacent to an activating group) is 1. The Hall–Kier alpha value is -0.190. The van der Waals surface area contributed by atoms with Crippen molar-refractivity contribution < 1.29 is 5.11 Å². The fourth-order valence-electron chi connectivity index (χ4n) is 0.939. The fourth-order valence-corrected chi connectivity index (χ4v) is 1.12. The van der Waals surface area contributed by atoms with E-state index in [1.165, 1.54) is 0 Å². The average molecular weight is 190 g/mol. The van der Waals surface area contributed by atoms with Crippen molar-refractivity contribution in [3.05, 3.63) is 0 Å². The quantitative estimate of drug-likeness (QED) is 0.594. The summed E-state index contributed by atoms with van der Waals surface area (Å²) in [5.41, 5.74) is 5.40. The van der Waals surface area contributed by atoms with Crippen molar-refractivity contribution in [2.45, 2.75) is 26.4 Å². The number of aliphatic hydroxyl groups is 1. The van der Waals surface area contributed by atoms with E-state index < -0.39 is 0 Å². The zero-order valence-electron chi connectivity index (χ0n) is 7.79. The molecule has 0 bridgehead atoms. The van der Waals surface area contributed by atoms with Gasteiger partial charge in [0.1, 0.15) is 0 Å². The maximum absolute atomic E-state index is 9.04. The molecule has 0 aliphatic heterocycles. The first kappa shape index (κ1) is 11.8. The van der Waals surface area contributed by atoms with E-state index in [0.717, 1.165) is 19.5 Å². The molecule has 1 unspecified atom stereocenters. The van der Waals surface area contributed by atoms with E-state index in [0.29, 0.717) is 11.5 Å². The van der Waals surface area contributed by atoms with Crippen LogP contribution < -0.4 is 5.73 Å². The molecule has 3 nitrogen and oxygen atoms in total. The largest absolute Gasteiger partial charge is 0.393 e. The molecule has 0 aliphatic rings. The molecule has 0 amide bonds. The molecule has 0 fully saturated rings. The molecular weight excluding hydrogens is 172 g/mol. The van der Waals surface area contributed by atoms with E-state index in [4.69, 9.17) is 23.1 Å². The molecule has 4 heteroatoms. The van der Waals surface area contributed by atoms with Crippen LogP contribution in [0.3, 0.4) is 0 Å². The van der Waals surface area contributed by atoms with Gasteiger partial charge in [0.2, 0.25) is 0 Å². The van der Waals surface area contributed by atoms with Gasteiger partial charge in [-0.05, 0) is 19.9 Å². The van der Waals surface area contributed by atoms with Gasteiger partial charge in [0.25, 0.3) is 0 Å². The molecule has 0 aromatic rings. The summed E-state index contributed by atoms with van der Waals surface area (Å²) in [6.45, 7) is 6.27. The fraction of sp³-hybridized carbons (Fsp3) is 0.875. The monoisotopic (exact) mass is 190 g/mol. The maximum atomic E-state index is 9.04. The second-order valence-electron chi connectivity index (χ2n) is 2.97. The van der Waals surface area contributed by atoms with E-state index in [-0.39, 0.29) is 6.10 Å². The minimum atomic E-state index is -0.245. The van der Waals surface area contributed by atoms with Crippen LogP contribution in [0.5, 0.6) is 0 Å². The molecule has 0 aliphatic carbocycles. The molecule has 0 aromatic heterocycles. The number of hydrogen-bond acceptors (Lipinski definition) is 3. The molecule has 3 N–H and O–H groups in total. The first-order valence-corrected chi connectivity index (χ1v) is 4.65. The smallest absolute Gasteiger partial charge is 0.0870 e. The lowest BCUT2D eigenvalue weighted by Crippen LogP contribution is -2.34. The van der Waals surface area contributed by atoms with Crippen molar-refractivity contribution in [3.8, 4) is 0 Å². The van der Waals surface area contributed by atoms with Crippen molar-refractivity contribution in [3.63, 3.8) is 0 Å². The third-order valence-electron chi connectivity index (χ3n) is 1.69. The average Bonchev–Trinajstić information content (AvgIpc) is 1.97. The van der Waals surface area contributed by atoms with E-state index in [1.807, 2.05) is 0 Å². The van der Waals surface area contributed by atoms with Gasteiger partial charge in [0.15, 0.2) is 0 Å². The van der Waals surface area contributed by atoms with Crippen LogP contribution in [0.15, 0.2) is 0 Å². The second kappa shape index (κ2) is 6.34. The number of thiocarbonyl (C=S) groups is 1. The van der Waals surface area contributed by atoms with Crippen LogP contribution in [-0.2, 0) is 0 Å². The Bertz CT molecular complexity index is 139. The molecule has 72 valence electrons. The van der Waals surface area contributed by atoms with Crippen LogP contribution in [0.25, 0.3) is 0 Å². The van der Waals surface area contributed by atoms with Gasteiger partial charge in [-0.25, -0.2) is 0 Å². The molecule has 0 saturated heterocycles. The van der Waals surface area contributed by atoms with Gasteiger partial charge >= 0.3 is 0 Å². The molecule has 0 radical (unpaired) electrons.